The first-order valence-electron chi connectivity index (χ1n) is 7.67. The lowest BCUT2D eigenvalue weighted by Gasteiger charge is -2.08. The van der Waals surface area contributed by atoms with Crippen molar-refractivity contribution in [3.05, 3.63) is 63.5 Å². The molecule has 0 fully saturated rings. The highest BCUT2D eigenvalue weighted by Crippen LogP contribution is 2.15. The Morgan fingerprint density at radius 2 is 2.04 bits per heavy atom. The topological polar surface area (TPSA) is 103 Å². The molecule has 0 atom stereocenters. The van der Waals surface area contributed by atoms with Crippen molar-refractivity contribution in [1.29, 1.82) is 0 Å². The van der Waals surface area contributed by atoms with Gasteiger partial charge in [0, 0.05) is 19.7 Å². The van der Waals surface area contributed by atoms with E-state index in [0.29, 0.717) is 13.0 Å². The van der Waals surface area contributed by atoms with E-state index in [9.17, 15) is 19.7 Å². The van der Waals surface area contributed by atoms with Crippen LogP contribution in [-0.2, 0) is 23.0 Å². The third kappa shape index (κ3) is 4.90. The van der Waals surface area contributed by atoms with Crippen LogP contribution < -0.4 is 5.32 Å². The van der Waals surface area contributed by atoms with Crippen LogP contribution in [0, 0.1) is 17.0 Å². The van der Waals surface area contributed by atoms with Gasteiger partial charge in [-0.2, -0.15) is 0 Å². The molecule has 0 aliphatic heterocycles. The van der Waals surface area contributed by atoms with Gasteiger partial charge in [-0.15, -0.1) is 0 Å². The van der Waals surface area contributed by atoms with Crippen LogP contribution in [0.1, 0.15) is 21.6 Å². The smallest absolute Gasteiger partial charge is 0.355 e. The van der Waals surface area contributed by atoms with E-state index in [0.717, 1.165) is 17.2 Å². The summed E-state index contributed by atoms with van der Waals surface area (Å²) in [6, 6.07) is 8.98. The number of nitrogens with one attached hydrogen (secondary N) is 1. The molecule has 8 nitrogen and oxygen atoms in total. The number of aryl methyl sites for hydroxylation is 2. The minimum Gasteiger partial charge on any atom is -0.451 e. The molecule has 0 unspecified atom stereocenters. The van der Waals surface area contributed by atoms with Crippen LogP contribution in [0.15, 0.2) is 36.5 Å². The fraction of sp³-hybridized carbons (Fsp3) is 0.294. The maximum Gasteiger partial charge on any atom is 0.355 e. The van der Waals surface area contributed by atoms with Gasteiger partial charge in [-0.3, -0.25) is 14.9 Å². The van der Waals surface area contributed by atoms with Crippen LogP contribution >= 0.6 is 0 Å². The molecule has 0 bridgehead atoms. The number of carbonyl (C=O) groups is 2. The molecule has 1 aromatic heterocycles. The number of carbonyl (C=O) groups excluding carboxylic acids is 2. The Hall–Kier alpha value is -3.16. The molecule has 132 valence electrons. The zero-order valence-electron chi connectivity index (χ0n) is 14.0. The highest BCUT2D eigenvalue weighted by atomic mass is 16.6. The van der Waals surface area contributed by atoms with Gasteiger partial charge in [0.05, 0.1) is 11.1 Å². The molecule has 1 amide bonds. The second-order valence-electron chi connectivity index (χ2n) is 5.55. The number of aromatic nitrogens is 1. The molecule has 0 spiro atoms. The minimum atomic E-state index is -0.787. The summed E-state index contributed by atoms with van der Waals surface area (Å²) in [6.07, 6.45) is 1.88. The number of benzene rings is 1. The molecule has 1 aromatic carbocycles. The second kappa shape index (κ2) is 8.09. The minimum absolute atomic E-state index is 0.0133. The van der Waals surface area contributed by atoms with Gasteiger partial charge in [0.15, 0.2) is 6.61 Å². The summed E-state index contributed by atoms with van der Waals surface area (Å²) < 4.78 is 6.18. The Bertz CT molecular complexity index is 797. The second-order valence-corrected chi connectivity index (χ2v) is 5.55. The third-order valence-electron chi connectivity index (χ3n) is 3.72. The maximum absolute atomic E-state index is 11.9. The van der Waals surface area contributed by atoms with Crippen LogP contribution in [0.2, 0.25) is 0 Å². The van der Waals surface area contributed by atoms with Crippen LogP contribution in [0.4, 0.5) is 5.69 Å². The molecular formula is C17H19N3O5. The number of hydrogen-bond donors (Lipinski definition) is 1. The zero-order chi connectivity index (χ0) is 18.4. The number of esters is 1. The van der Waals surface area contributed by atoms with E-state index in [-0.39, 0.29) is 11.4 Å². The lowest BCUT2D eigenvalue weighted by atomic mass is 10.1. The van der Waals surface area contributed by atoms with Crippen molar-refractivity contribution in [3.8, 4) is 0 Å². The number of amides is 1. The van der Waals surface area contributed by atoms with E-state index in [2.05, 4.69) is 5.32 Å². The molecule has 0 aliphatic carbocycles. The molecule has 8 heteroatoms. The fourth-order valence-corrected chi connectivity index (χ4v) is 2.33. The van der Waals surface area contributed by atoms with Crippen LogP contribution in [0.25, 0.3) is 0 Å². The van der Waals surface area contributed by atoms with Gasteiger partial charge in [-0.25, -0.2) is 4.79 Å². The molecule has 0 radical (unpaired) electrons. The molecule has 0 saturated heterocycles. The summed E-state index contributed by atoms with van der Waals surface area (Å²) in [5.74, 6) is -1.21. The third-order valence-corrected chi connectivity index (χ3v) is 3.72. The van der Waals surface area contributed by atoms with E-state index in [4.69, 9.17) is 4.74 Å². The average molecular weight is 345 g/mol. The molecule has 1 heterocycles. The molecule has 1 N–H and O–H groups in total. The number of nitro groups is 1. The molecule has 0 saturated carbocycles. The first kappa shape index (κ1) is 18.2. The lowest BCUT2D eigenvalue weighted by molar-refractivity contribution is -0.384. The first-order chi connectivity index (χ1) is 11.9. The van der Waals surface area contributed by atoms with Crippen LogP contribution in [-0.4, -0.2) is 34.5 Å². The van der Waals surface area contributed by atoms with Crippen molar-refractivity contribution in [2.45, 2.75) is 13.3 Å². The lowest BCUT2D eigenvalue weighted by Crippen LogP contribution is -2.30. The van der Waals surface area contributed by atoms with Crippen molar-refractivity contribution in [3.63, 3.8) is 0 Å². The van der Waals surface area contributed by atoms with E-state index in [1.807, 2.05) is 31.2 Å². The average Bonchev–Trinajstić information content (AvgIpc) is 2.97. The highest BCUT2D eigenvalue weighted by Gasteiger charge is 2.19. The number of nitrogens with zero attached hydrogens (tertiary/aromatic N) is 2. The van der Waals surface area contributed by atoms with Crippen molar-refractivity contribution >= 4 is 17.6 Å². The Kier molecular flexibility index (Phi) is 5.89. The molecule has 2 aromatic rings. The van der Waals surface area contributed by atoms with Gasteiger partial charge in [-0.05, 0) is 24.5 Å². The van der Waals surface area contributed by atoms with E-state index < -0.39 is 23.4 Å². The Balaban J connectivity index is 1.79. The van der Waals surface area contributed by atoms with E-state index in [1.165, 1.54) is 17.8 Å². The first-order valence-corrected chi connectivity index (χ1v) is 7.67. The molecule has 25 heavy (non-hydrogen) atoms. The molecular weight excluding hydrogens is 326 g/mol. The van der Waals surface area contributed by atoms with Crippen molar-refractivity contribution < 1.29 is 19.2 Å². The van der Waals surface area contributed by atoms with Gasteiger partial charge in [-0.1, -0.05) is 24.3 Å². The van der Waals surface area contributed by atoms with E-state index in [1.54, 1.807) is 0 Å². The van der Waals surface area contributed by atoms with Gasteiger partial charge in [0.25, 0.3) is 11.6 Å². The van der Waals surface area contributed by atoms with Gasteiger partial charge >= 0.3 is 5.97 Å². The molecule has 2 rings (SSSR count). The fourth-order valence-electron chi connectivity index (χ4n) is 2.33. The molecule has 0 aliphatic rings. The summed E-state index contributed by atoms with van der Waals surface area (Å²) in [5.41, 5.74) is 2.08. The van der Waals surface area contributed by atoms with Crippen LogP contribution in [0.5, 0.6) is 0 Å². The number of hydrogen-bond acceptors (Lipinski definition) is 5. The Morgan fingerprint density at radius 3 is 2.68 bits per heavy atom. The number of rotatable bonds is 7. The van der Waals surface area contributed by atoms with Crippen LogP contribution in [0.3, 0.4) is 0 Å². The van der Waals surface area contributed by atoms with Gasteiger partial charge in [0.1, 0.15) is 5.69 Å². The summed E-state index contributed by atoms with van der Waals surface area (Å²) >= 11 is 0. The van der Waals surface area contributed by atoms with Gasteiger partial charge < -0.3 is 14.6 Å². The zero-order valence-corrected chi connectivity index (χ0v) is 14.0. The van der Waals surface area contributed by atoms with Crippen molar-refractivity contribution in [2.75, 3.05) is 13.2 Å². The SMILES string of the molecule is Cc1ccccc1CCNC(=O)COC(=O)c1cc([N+](=O)[O-])cn1C. The predicted octanol–water partition coefficient (Wildman–Crippen LogP) is 1.76. The normalized spacial score (nSPS) is 10.3. The Morgan fingerprint density at radius 1 is 1.32 bits per heavy atom. The Labute approximate surface area is 144 Å². The standard InChI is InChI=1S/C17H19N3O5/c1-12-5-3-4-6-13(12)7-8-18-16(21)11-25-17(22)15-9-14(20(23)24)10-19(15)2/h3-6,9-10H,7-8,11H2,1-2H3,(H,18,21). The van der Waals surface area contributed by atoms with E-state index >= 15 is 0 Å². The highest BCUT2D eigenvalue weighted by molar-refractivity contribution is 5.90. The van der Waals surface area contributed by atoms with Gasteiger partial charge in [0.2, 0.25) is 0 Å². The number of ether oxygens (including phenoxy) is 1. The summed E-state index contributed by atoms with van der Waals surface area (Å²) in [4.78, 5) is 33.7. The summed E-state index contributed by atoms with van der Waals surface area (Å²) in [5, 5.41) is 13.4. The summed E-state index contributed by atoms with van der Waals surface area (Å²) in [7, 11) is 1.49. The quantitative estimate of drug-likeness (QED) is 0.468. The largest absolute Gasteiger partial charge is 0.451 e. The predicted molar refractivity (Wildman–Crippen MR) is 90.2 cm³/mol. The maximum atomic E-state index is 11.9. The summed E-state index contributed by atoms with van der Waals surface area (Å²) in [6.45, 7) is 1.99. The van der Waals surface area contributed by atoms with Crippen molar-refractivity contribution in [1.82, 2.24) is 9.88 Å². The monoisotopic (exact) mass is 345 g/mol. The van der Waals surface area contributed by atoms with Crippen molar-refractivity contribution in [2.24, 2.45) is 7.05 Å².